The summed E-state index contributed by atoms with van der Waals surface area (Å²) in [6, 6.07) is 14.4. The van der Waals surface area contributed by atoms with Crippen LogP contribution in [0.4, 0.5) is 0 Å². The van der Waals surface area contributed by atoms with Crippen LogP contribution in [0.15, 0.2) is 53.1 Å². The van der Waals surface area contributed by atoms with Crippen molar-refractivity contribution in [1.82, 2.24) is 25.9 Å². The Morgan fingerprint density at radius 2 is 2.00 bits per heavy atom. The first-order valence-corrected chi connectivity index (χ1v) is 7.92. The van der Waals surface area contributed by atoms with Crippen LogP contribution in [0.5, 0.6) is 5.75 Å². The van der Waals surface area contributed by atoms with E-state index in [1.165, 1.54) is 0 Å². The molecule has 2 N–H and O–H groups in total. The first-order chi connectivity index (χ1) is 12.7. The first-order valence-electron chi connectivity index (χ1n) is 7.92. The van der Waals surface area contributed by atoms with E-state index in [1.54, 1.807) is 31.4 Å². The number of para-hydroxylation sites is 1. The number of ether oxygens (including phenoxy) is 1. The van der Waals surface area contributed by atoms with Gasteiger partial charge in [0.25, 0.3) is 5.91 Å². The van der Waals surface area contributed by atoms with Crippen LogP contribution in [0.25, 0.3) is 22.3 Å². The van der Waals surface area contributed by atoms with Gasteiger partial charge in [-0.05, 0) is 30.3 Å². The Labute approximate surface area is 148 Å². The van der Waals surface area contributed by atoms with Crippen molar-refractivity contribution in [3.8, 4) is 17.0 Å². The van der Waals surface area contributed by atoms with Crippen LogP contribution in [-0.4, -0.2) is 33.6 Å². The number of carbonyl (C=O) groups excluding carboxylic acids is 1. The molecule has 0 aliphatic carbocycles. The highest BCUT2D eigenvalue weighted by molar-refractivity contribution is 5.97. The maximum atomic E-state index is 12.3. The second-order valence-corrected chi connectivity index (χ2v) is 5.59. The minimum Gasteiger partial charge on any atom is -0.496 e. The molecule has 0 aliphatic rings. The average Bonchev–Trinajstić information content (AvgIpc) is 3.34. The van der Waals surface area contributed by atoms with Gasteiger partial charge in [0.15, 0.2) is 5.76 Å². The van der Waals surface area contributed by atoms with E-state index < -0.39 is 0 Å². The van der Waals surface area contributed by atoms with Gasteiger partial charge in [-0.2, -0.15) is 15.4 Å². The molecule has 26 heavy (non-hydrogen) atoms. The number of benzene rings is 2. The van der Waals surface area contributed by atoms with Gasteiger partial charge in [0, 0.05) is 17.2 Å². The summed E-state index contributed by atoms with van der Waals surface area (Å²) in [6.45, 7) is 0.220. The van der Waals surface area contributed by atoms with Crippen molar-refractivity contribution in [3.05, 3.63) is 59.9 Å². The Morgan fingerprint density at radius 1 is 1.15 bits per heavy atom. The Morgan fingerprint density at radius 3 is 2.88 bits per heavy atom. The number of fused-ring (bicyclic) bond motifs is 1. The average molecular weight is 349 g/mol. The van der Waals surface area contributed by atoms with E-state index in [9.17, 15) is 4.79 Å². The molecule has 8 heteroatoms. The van der Waals surface area contributed by atoms with E-state index in [-0.39, 0.29) is 12.5 Å². The van der Waals surface area contributed by atoms with Crippen LogP contribution in [0.3, 0.4) is 0 Å². The monoisotopic (exact) mass is 349 g/mol. The molecular weight excluding hydrogens is 334 g/mol. The number of aromatic amines is 1. The molecule has 4 aromatic rings. The Balaban J connectivity index is 1.46. The summed E-state index contributed by atoms with van der Waals surface area (Å²) in [7, 11) is 1.60. The fraction of sp³-hybridized carbons (Fsp3) is 0.111. The van der Waals surface area contributed by atoms with E-state index in [4.69, 9.17) is 9.26 Å². The van der Waals surface area contributed by atoms with Crippen LogP contribution in [0.2, 0.25) is 0 Å². The van der Waals surface area contributed by atoms with Crippen molar-refractivity contribution in [2.24, 2.45) is 0 Å². The lowest BCUT2D eigenvalue weighted by Gasteiger charge is -2.04. The normalized spacial score (nSPS) is 10.8. The smallest absolute Gasteiger partial charge is 0.251 e. The van der Waals surface area contributed by atoms with E-state index >= 15 is 0 Å². The Hall–Kier alpha value is -3.68. The minimum absolute atomic E-state index is 0.220. The fourth-order valence-corrected chi connectivity index (χ4v) is 2.63. The molecule has 0 radical (unpaired) electrons. The summed E-state index contributed by atoms with van der Waals surface area (Å²) in [6.07, 6.45) is 0. The highest BCUT2D eigenvalue weighted by Crippen LogP contribution is 2.28. The summed E-state index contributed by atoms with van der Waals surface area (Å²) >= 11 is 0. The van der Waals surface area contributed by atoms with Crippen molar-refractivity contribution in [1.29, 1.82) is 0 Å². The predicted molar refractivity (Wildman–Crippen MR) is 93.5 cm³/mol. The van der Waals surface area contributed by atoms with Crippen LogP contribution >= 0.6 is 0 Å². The van der Waals surface area contributed by atoms with Crippen molar-refractivity contribution in [3.63, 3.8) is 0 Å². The zero-order chi connectivity index (χ0) is 17.9. The van der Waals surface area contributed by atoms with E-state index in [0.29, 0.717) is 33.8 Å². The number of hydrogen-bond acceptors (Lipinski definition) is 6. The number of nitrogens with one attached hydrogen (secondary N) is 2. The zero-order valence-electron chi connectivity index (χ0n) is 13.9. The Bertz CT molecular complexity index is 1070. The number of amides is 1. The highest BCUT2D eigenvalue weighted by atomic mass is 16.5. The second-order valence-electron chi connectivity index (χ2n) is 5.59. The second kappa shape index (κ2) is 6.67. The van der Waals surface area contributed by atoms with Crippen molar-refractivity contribution in [2.75, 3.05) is 7.11 Å². The van der Waals surface area contributed by atoms with Gasteiger partial charge in [0.05, 0.1) is 13.7 Å². The zero-order valence-corrected chi connectivity index (χ0v) is 13.9. The van der Waals surface area contributed by atoms with Gasteiger partial charge < -0.3 is 14.6 Å². The van der Waals surface area contributed by atoms with Crippen LogP contribution in [0, 0.1) is 0 Å². The SMILES string of the molecule is COc1ccccc1-c1cc(CNC(=O)c2ccc3n[nH]nc3c2)on1. The molecule has 1 amide bonds. The molecule has 130 valence electrons. The molecule has 0 bridgehead atoms. The molecule has 0 saturated carbocycles. The third-order valence-corrected chi connectivity index (χ3v) is 3.94. The molecule has 0 atom stereocenters. The molecule has 8 nitrogen and oxygen atoms in total. The van der Waals surface area contributed by atoms with Crippen molar-refractivity contribution >= 4 is 16.9 Å². The molecule has 2 heterocycles. The molecular formula is C18H15N5O3. The highest BCUT2D eigenvalue weighted by Gasteiger charge is 2.13. The summed E-state index contributed by atoms with van der Waals surface area (Å²) in [5.41, 5.74) is 3.31. The van der Waals surface area contributed by atoms with E-state index in [0.717, 1.165) is 5.56 Å². The number of aromatic nitrogens is 4. The molecule has 0 spiro atoms. The number of nitrogens with zero attached hydrogens (tertiary/aromatic N) is 3. The maximum Gasteiger partial charge on any atom is 0.251 e. The number of carbonyl (C=O) groups is 1. The first kappa shape index (κ1) is 15.8. The fourth-order valence-electron chi connectivity index (χ4n) is 2.63. The van der Waals surface area contributed by atoms with Gasteiger partial charge in [-0.25, -0.2) is 0 Å². The van der Waals surface area contributed by atoms with E-state index in [2.05, 4.69) is 25.9 Å². The van der Waals surface area contributed by atoms with Crippen LogP contribution in [-0.2, 0) is 6.54 Å². The summed E-state index contributed by atoms with van der Waals surface area (Å²) in [5.74, 6) is 1.02. The lowest BCUT2D eigenvalue weighted by molar-refractivity contribution is 0.0947. The van der Waals surface area contributed by atoms with Gasteiger partial charge in [-0.15, -0.1) is 0 Å². The molecule has 0 aliphatic heterocycles. The lowest BCUT2D eigenvalue weighted by Crippen LogP contribution is -2.22. The molecule has 2 aromatic heterocycles. The van der Waals surface area contributed by atoms with Crippen molar-refractivity contribution in [2.45, 2.75) is 6.54 Å². The summed E-state index contributed by atoms with van der Waals surface area (Å²) in [4.78, 5) is 12.3. The molecule has 2 aromatic carbocycles. The van der Waals surface area contributed by atoms with Gasteiger partial charge in [0.1, 0.15) is 22.5 Å². The number of rotatable bonds is 5. The maximum absolute atomic E-state index is 12.3. The molecule has 4 rings (SSSR count). The minimum atomic E-state index is -0.231. The largest absolute Gasteiger partial charge is 0.496 e. The third-order valence-electron chi connectivity index (χ3n) is 3.94. The van der Waals surface area contributed by atoms with Crippen LogP contribution in [0.1, 0.15) is 16.1 Å². The predicted octanol–water partition coefficient (Wildman–Crippen LogP) is 2.55. The molecule has 0 fully saturated rings. The Kier molecular flexibility index (Phi) is 4.06. The van der Waals surface area contributed by atoms with Gasteiger partial charge in [0.2, 0.25) is 0 Å². The van der Waals surface area contributed by atoms with E-state index in [1.807, 2.05) is 24.3 Å². The third kappa shape index (κ3) is 3.00. The summed E-state index contributed by atoms with van der Waals surface area (Å²) < 4.78 is 10.6. The summed E-state index contributed by atoms with van der Waals surface area (Å²) in [5, 5.41) is 17.3. The standard InChI is InChI=1S/C18H15N5O3/c1-25-17-5-3-2-4-13(17)15-9-12(26-22-15)10-19-18(24)11-6-7-14-16(8-11)21-23-20-14/h2-9H,10H2,1H3,(H,19,24)(H,20,21,23). The number of H-pyrrole nitrogens is 1. The topological polar surface area (TPSA) is 106 Å². The number of hydrogen-bond donors (Lipinski definition) is 2. The van der Waals surface area contributed by atoms with Crippen molar-refractivity contribution < 1.29 is 14.1 Å². The van der Waals surface area contributed by atoms with Gasteiger partial charge >= 0.3 is 0 Å². The molecule has 0 unspecified atom stereocenters. The molecule has 0 saturated heterocycles. The van der Waals surface area contributed by atoms with Crippen LogP contribution < -0.4 is 10.1 Å². The van der Waals surface area contributed by atoms with Gasteiger partial charge in [-0.3, -0.25) is 4.79 Å². The van der Waals surface area contributed by atoms with Gasteiger partial charge in [-0.1, -0.05) is 17.3 Å². The lowest BCUT2D eigenvalue weighted by atomic mass is 10.1. The quantitative estimate of drug-likeness (QED) is 0.573. The number of methoxy groups -OCH3 is 1.